The van der Waals surface area contributed by atoms with Crippen molar-refractivity contribution in [2.24, 2.45) is 0 Å². The molecule has 0 fully saturated rings. The molecule has 0 saturated heterocycles. The average Bonchev–Trinajstić information content (AvgIpc) is 1.77. The van der Waals surface area contributed by atoms with E-state index >= 15 is 0 Å². The SMILES string of the molecule is C=C(C)C(=O)OC1C=CC1. The van der Waals surface area contributed by atoms with Gasteiger partial charge in [-0.2, -0.15) is 0 Å². The minimum atomic E-state index is -0.297. The topological polar surface area (TPSA) is 26.3 Å². The van der Waals surface area contributed by atoms with Gasteiger partial charge in [0.2, 0.25) is 0 Å². The predicted molar refractivity (Wildman–Crippen MR) is 38.5 cm³/mol. The first-order valence-corrected chi connectivity index (χ1v) is 3.23. The highest BCUT2D eigenvalue weighted by Gasteiger charge is 2.14. The Hall–Kier alpha value is -1.05. The van der Waals surface area contributed by atoms with Crippen LogP contribution in [0.15, 0.2) is 24.3 Å². The lowest BCUT2D eigenvalue weighted by Crippen LogP contribution is -2.19. The number of esters is 1. The molecule has 0 saturated carbocycles. The summed E-state index contributed by atoms with van der Waals surface area (Å²) in [4.78, 5) is 10.8. The zero-order valence-electron chi connectivity index (χ0n) is 5.96. The van der Waals surface area contributed by atoms with E-state index in [1.807, 2.05) is 12.2 Å². The lowest BCUT2D eigenvalue weighted by atomic mass is 10.1. The Labute approximate surface area is 60.2 Å². The molecular weight excluding hydrogens is 128 g/mol. The van der Waals surface area contributed by atoms with Crippen LogP contribution in [0.3, 0.4) is 0 Å². The number of hydrogen-bond donors (Lipinski definition) is 0. The molecule has 2 nitrogen and oxygen atoms in total. The molecule has 1 atom stereocenters. The Morgan fingerprint density at radius 2 is 2.40 bits per heavy atom. The molecule has 10 heavy (non-hydrogen) atoms. The maximum atomic E-state index is 10.8. The molecule has 0 heterocycles. The van der Waals surface area contributed by atoms with Gasteiger partial charge >= 0.3 is 5.97 Å². The zero-order valence-corrected chi connectivity index (χ0v) is 5.96. The van der Waals surface area contributed by atoms with Crippen molar-refractivity contribution in [3.05, 3.63) is 24.3 Å². The van der Waals surface area contributed by atoms with E-state index < -0.39 is 0 Å². The molecule has 1 aliphatic rings. The normalized spacial score (nSPS) is 21.5. The first-order chi connectivity index (χ1) is 4.70. The summed E-state index contributed by atoms with van der Waals surface area (Å²) in [7, 11) is 0. The van der Waals surface area contributed by atoms with E-state index in [1.54, 1.807) is 6.92 Å². The Bertz CT molecular complexity index is 191. The van der Waals surface area contributed by atoms with Gasteiger partial charge in [0, 0.05) is 12.0 Å². The summed E-state index contributed by atoms with van der Waals surface area (Å²) in [5.41, 5.74) is 0.459. The van der Waals surface area contributed by atoms with Crippen molar-refractivity contribution < 1.29 is 9.53 Å². The van der Waals surface area contributed by atoms with Crippen molar-refractivity contribution in [2.45, 2.75) is 19.4 Å². The van der Waals surface area contributed by atoms with Crippen LogP contribution in [0.1, 0.15) is 13.3 Å². The first kappa shape index (κ1) is 7.06. The molecule has 0 N–H and O–H groups in total. The van der Waals surface area contributed by atoms with E-state index in [9.17, 15) is 4.79 Å². The van der Waals surface area contributed by atoms with Crippen molar-refractivity contribution in [2.75, 3.05) is 0 Å². The summed E-state index contributed by atoms with van der Waals surface area (Å²) in [5.74, 6) is -0.297. The van der Waals surface area contributed by atoms with Crippen molar-refractivity contribution in [1.82, 2.24) is 0 Å². The molecule has 0 bridgehead atoms. The van der Waals surface area contributed by atoms with E-state index in [-0.39, 0.29) is 12.1 Å². The fourth-order valence-electron chi connectivity index (χ4n) is 0.573. The minimum absolute atomic E-state index is 0.00389. The highest BCUT2D eigenvalue weighted by molar-refractivity contribution is 5.87. The molecule has 0 spiro atoms. The van der Waals surface area contributed by atoms with E-state index in [2.05, 4.69) is 6.58 Å². The van der Waals surface area contributed by atoms with Gasteiger partial charge in [-0.1, -0.05) is 12.7 Å². The monoisotopic (exact) mass is 138 g/mol. The number of carbonyl (C=O) groups excluding carboxylic acids is 1. The summed E-state index contributed by atoms with van der Waals surface area (Å²) in [6, 6.07) is 0. The quantitative estimate of drug-likeness (QED) is 0.328. The summed E-state index contributed by atoms with van der Waals surface area (Å²) in [6.07, 6.45) is 4.68. The summed E-state index contributed by atoms with van der Waals surface area (Å²) >= 11 is 0. The van der Waals surface area contributed by atoms with Gasteiger partial charge in [-0.3, -0.25) is 0 Å². The second-order valence-corrected chi connectivity index (χ2v) is 2.39. The Balaban J connectivity index is 2.31. The van der Waals surface area contributed by atoms with E-state index in [4.69, 9.17) is 4.74 Å². The van der Waals surface area contributed by atoms with Gasteiger partial charge in [-0.05, 0) is 13.0 Å². The summed E-state index contributed by atoms with van der Waals surface area (Å²) in [5, 5.41) is 0. The maximum Gasteiger partial charge on any atom is 0.333 e. The zero-order chi connectivity index (χ0) is 7.56. The van der Waals surface area contributed by atoms with E-state index in [0.717, 1.165) is 6.42 Å². The lowest BCUT2D eigenvalue weighted by Gasteiger charge is -2.17. The van der Waals surface area contributed by atoms with Crippen molar-refractivity contribution in [1.29, 1.82) is 0 Å². The largest absolute Gasteiger partial charge is 0.454 e. The van der Waals surface area contributed by atoms with Crippen LogP contribution >= 0.6 is 0 Å². The third kappa shape index (κ3) is 1.47. The molecule has 2 heteroatoms. The van der Waals surface area contributed by atoms with Crippen molar-refractivity contribution >= 4 is 5.97 Å². The Morgan fingerprint density at radius 3 is 2.70 bits per heavy atom. The number of carbonyl (C=O) groups is 1. The average molecular weight is 138 g/mol. The highest BCUT2D eigenvalue weighted by Crippen LogP contribution is 2.13. The van der Waals surface area contributed by atoms with Crippen LogP contribution in [0.4, 0.5) is 0 Å². The van der Waals surface area contributed by atoms with Crippen LogP contribution in [0.25, 0.3) is 0 Å². The van der Waals surface area contributed by atoms with Gasteiger partial charge in [0.15, 0.2) is 0 Å². The van der Waals surface area contributed by atoms with Crippen LogP contribution < -0.4 is 0 Å². The molecule has 0 amide bonds. The fourth-order valence-corrected chi connectivity index (χ4v) is 0.573. The van der Waals surface area contributed by atoms with Crippen LogP contribution in [0.2, 0.25) is 0 Å². The third-order valence-corrected chi connectivity index (χ3v) is 1.33. The first-order valence-electron chi connectivity index (χ1n) is 3.23. The number of hydrogen-bond acceptors (Lipinski definition) is 2. The summed E-state index contributed by atoms with van der Waals surface area (Å²) < 4.78 is 4.92. The summed E-state index contributed by atoms with van der Waals surface area (Å²) in [6.45, 7) is 5.11. The molecule has 0 aromatic heterocycles. The predicted octanol–water partition coefficient (Wildman–Crippen LogP) is 1.43. The Kier molecular flexibility index (Phi) is 1.90. The van der Waals surface area contributed by atoms with Gasteiger partial charge in [0.25, 0.3) is 0 Å². The molecular formula is C8H10O2. The molecule has 1 rings (SSSR count). The van der Waals surface area contributed by atoms with Crippen LogP contribution in [0, 0.1) is 0 Å². The number of ether oxygens (including phenoxy) is 1. The molecule has 1 aliphatic carbocycles. The van der Waals surface area contributed by atoms with Gasteiger partial charge in [0.05, 0.1) is 0 Å². The smallest absolute Gasteiger partial charge is 0.333 e. The molecule has 54 valence electrons. The second-order valence-electron chi connectivity index (χ2n) is 2.39. The van der Waals surface area contributed by atoms with Gasteiger partial charge in [-0.25, -0.2) is 4.79 Å². The van der Waals surface area contributed by atoms with Crippen molar-refractivity contribution in [3.8, 4) is 0 Å². The molecule has 0 radical (unpaired) electrons. The third-order valence-electron chi connectivity index (χ3n) is 1.33. The van der Waals surface area contributed by atoms with Crippen LogP contribution in [-0.4, -0.2) is 12.1 Å². The second kappa shape index (κ2) is 2.69. The van der Waals surface area contributed by atoms with Gasteiger partial charge in [-0.15, -0.1) is 0 Å². The van der Waals surface area contributed by atoms with E-state index in [1.165, 1.54) is 0 Å². The van der Waals surface area contributed by atoms with Gasteiger partial charge < -0.3 is 4.74 Å². The standard InChI is InChI=1S/C8H10O2/c1-6(2)8(9)10-7-4-3-5-7/h3-4,7H,1,5H2,2H3. The lowest BCUT2D eigenvalue weighted by molar-refractivity contribution is -0.142. The highest BCUT2D eigenvalue weighted by atomic mass is 16.5. The van der Waals surface area contributed by atoms with Gasteiger partial charge in [0.1, 0.15) is 6.10 Å². The minimum Gasteiger partial charge on any atom is -0.454 e. The maximum absolute atomic E-state index is 10.8. The number of rotatable bonds is 2. The van der Waals surface area contributed by atoms with Crippen LogP contribution in [-0.2, 0) is 9.53 Å². The van der Waals surface area contributed by atoms with Crippen molar-refractivity contribution in [3.63, 3.8) is 0 Å². The molecule has 0 aromatic carbocycles. The van der Waals surface area contributed by atoms with E-state index in [0.29, 0.717) is 5.57 Å². The fraction of sp³-hybridized carbons (Fsp3) is 0.375. The Morgan fingerprint density at radius 1 is 1.80 bits per heavy atom. The van der Waals surface area contributed by atoms with Crippen LogP contribution in [0.5, 0.6) is 0 Å². The molecule has 0 aromatic rings. The molecule has 0 aliphatic heterocycles. The molecule has 1 unspecified atom stereocenters.